The summed E-state index contributed by atoms with van der Waals surface area (Å²) in [6.07, 6.45) is 0.878. The number of methoxy groups -OCH3 is 2. The van der Waals surface area contributed by atoms with E-state index in [4.69, 9.17) is 23.9 Å². The number of benzene rings is 3. The Hall–Kier alpha value is -4.39. The van der Waals surface area contributed by atoms with E-state index in [0.717, 1.165) is 22.4 Å². The number of allylic oxidation sites excluding steroid dienone is 2. The molecule has 212 valence electrons. The highest BCUT2D eigenvalue weighted by molar-refractivity contribution is 6.09. The SMILES string of the molecule is CCOC(=O)C1C(C)=NC2=C(C(=O)C[C@@H](c3ccc(OC)c(OC)c3)C2)[C@H]1c1cccc(OCc2ccccc2)c1. The van der Waals surface area contributed by atoms with Crippen LogP contribution in [0.2, 0.25) is 0 Å². The van der Waals surface area contributed by atoms with Crippen molar-refractivity contribution in [1.82, 2.24) is 0 Å². The van der Waals surface area contributed by atoms with E-state index in [9.17, 15) is 9.59 Å². The normalized spacial score (nSPS) is 20.1. The van der Waals surface area contributed by atoms with Crippen LogP contribution >= 0.6 is 0 Å². The number of hydrogen-bond acceptors (Lipinski definition) is 7. The first-order chi connectivity index (χ1) is 19.9. The molecular formula is C34H35NO6. The van der Waals surface area contributed by atoms with Crippen LogP contribution in [0.15, 0.2) is 89.1 Å². The van der Waals surface area contributed by atoms with E-state index in [1.165, 1.54) is 0 Å². The van der Waals surface area contributed by atoms with Crippen LogP contribution in [0.3, 0.4) is 0 Å². The second kappa shape index (κ2) is 12.4. The number of Topliss-reactive ketones (excluding diaryl/α,β-unsaturated/α-hetero) is 1. The summed E-state index contributed by atoms with van der Waals surface area (Å²) < 4.78 is 22.5. The van der Waals surface area contributed by atoms with Gasteiger partial charge in [0.25, 0.3) is 0 Å². The molecule has 1 heterocycles. The van der Waals surface area contributed by atoms with Crippen molar-refractivity contribution in [2.24, 2.45) is 10.9 Å². The lowest BCUT2D eigenvalue weighted by molar-refractivity contribution is -0.146. The molecule has 0 amide bonds. The molecule has 1 aliphatic heterocycles. The molecule has 2 aliphatic rings. The van der Waals surface area contributed by atoms with Gasteiger partial charge in [-0.3, -0.25) is 14.6 Å². The van der Waals surface area contributed by atoms with Gasteiger partial charge in [-0.1, -0.05) is 48.5 Å². The summed E-state index contributed by atoms with van der Waals surface area (Å²) in [7, 11) is 3.20. The van der Waals surface area contributed by atoms with Gasteiger partial charge in [-0.25, -0.2) is 0 Å². The summed E-state index contributed by atoms with van der Waals surface area (Å²) in [5, 5.41) is 0. The fourth-order valence-corrected chi connectivity index (χ4v) is 5.84. The number of carbonyl (C=O) groups is 2. The standard InChI is InChI=1S/C34H35NO6/c1-5-40-34(37)31-21(2)35-27-17-25(23-14-15-29(38-3)30(19-23)39-4)18-28(36)33(27)32(31)24-12-9-13-26(16-24)41-20-22-10-7-6-8-11-22/h6-16,19,25,31-32H,5,17-18,20H2,1-4H3/t25-,31?,32-/m0/s1. The molecular weight excluding hydrogens is 518 g/mol. The topological polar surface area (TPSA) is 83.4 Å². The number of ether oxygens (including phenoxy) is 4. The van der Waals surface area contributed by atoms with Gasteiger partial charge in [0.2, 0.25) is 0 Å². The molecule has 0 saturated carbocycles. The van der Waals surface area contributed by atoms with Crippen molar-refractivity contribution >= 4 is 17.5 Å². The Balaban J connectivity index is 1.51. The molecule has 0 aromatic heterocycles. The smallest absolute Gasteiger partial charge is 0.315 e. The largest absolute Gasteiger partial charge is 0.493 e. The van der Waals surface area contributed by atoms with Crippen molar-refractivity contribution < 1.29 is 28.5 Å². The molecule has 0 saturated heterocycles. The van der Waals surface area contributed by atoms with E-state index >= 15 is 0 Å². The molecule has 0 bridgehead atoms. The zero-order valence-electron chi connectivity index (χ0n) is 23.9. The molecule has 3 aromatic rings. The molecule has 7 nitrogen and oxygen atoms in total. The molecule has 3 aromatic carbocycles. The van der Waals surface area contributed by atoms with Crippen molar-refractivity contribution in [3.63, 3.8) is 0 Å². The summed E-state index contributed by atoms with van der Waals surface area (Å²) in [5.41, 5.74) is 4.81. The Morgan fingerprint density at radius 1 is 0.902 bits per heavy atom. The number of nitrogens with zero attached hydrogens (tertiary/aromatic N) is 1. The first-order valence-electron chi connectivity index (χ1n) is 13.9. The average Bonchev–Trinajstić information content (AvgIpc) is 2.99. The minimum Gasteiger partial charge on any atom is -0.493 e. The molecule has 3 atom stereocenters. The van der Waals surface area contributed by atoms with Crippen LogP contribution in [-0.4, -0.2) is 38.3 Å². The number of esters is 1. The third kappa shape index (κ3) is 5.89. The fraction of sp³-hybridized carbons (Fsp3) is 0.324. The highest BCUT2D eigenvalue weighted by Gasteiger charge is 2.45. The molecule has 7 heteroatoms. The van der Waals surface area contributed by atoms with Crippen LogP contribution < -0.4 is 14.2 Å². The molecule has 5 rings (SSSR count). The third-order valence-corrected chi connectivity index (χ3v) is 7.77. The molecule has 1 unspecified atom stereocenters. The van der Waals surface area contributed by atoms with Gasteiger partial charge in [-0.2, -0.15) is 0 Å². The fourth-order valence-electron chi connectivity index (χ4n) is 5.84. The maximum Gasteiger partial charge on any atom is 0.315 e. The van der Waals surface area contributed by atoms with Gasteiger partial charge in [-0.15, -0.1) is 0 Å². The summed E-state index contributed by atoms with van der Waals surface area (Å²) in [6.45, 7) is 4.29. The molecule has 0 spiro atoms. The van der Waals surface area contributed by atoms with Crippen LogP contribution in [0.25, 0.3) is 0 Å². The van der Waals surface area contributed by atoms with E-state index in [-0.39, 0.29) is 24.3 Å². The van der Waals surface area contributed by atoms with Crippen molar-refractivity contribution in [3.05, 3.63) is 101 Å². The van der Waals surface area contributed by atoms with Gasteiger partial charge < -0.3 is 18.9 Å². The lowest BCUT2D eigenvalue weighted by Gasteiger charge is -2.36. The summed E-state index contributed by atoms with van der Waals surface area (Å²) in [5.74, 6) is 0.249. The van der Waals surface area contributed by atoms with Crippen molar-refractivity contribution in [1.29, 1.82) is 0 Å². The van der Waals surface area contributed by atoms with Gasteiger partial charge in [-0.05, 0) is 67.1 Å². The molecule has 0 N–H and O–H groups in total. The van der Waals surface area contributed by atoms with Crippen LogP contribution in [0.1, 0.15) is 55.2 Å². The third-order valence-electron chi connectivity index (χ3n) is 7.77. The predicted octanol–water partition coefficient (Wildman–Crippen LogP) is 6.42. The maximum absolute atomic E-state index is 13.9. The van der Waals surface area contributed by atoms with Gasteiger partial charge in [0.15, 0.2) is 17.3 Å². The lowest BCUT2D eigenvalue weighted by Crippen LogP contribution is -2.38. The molecule has 0 radical (unpaired) electrons. The Labute approximate surface area is 240 Å². The summed E-state index contributed by atoms with van der Waals surface area (Å²) >= 11 is 0. The van der Waals surface area contributed by atoms with Crippen molar-refractivity contribution in [2.75, 3.05) is 20.8 Å². The lowest BCUT2D eigenvalue weighted by atomic mass is 9.69. The number of hydrogen-bond donors (Lipinski definition) is 0. The second-order valence-corrected chi connectivity index (χ2v) is 10.3. The first kappa shape index (κ1) is 28.1. The summed E-state index contributed by atoms with van der Waals surface area (Å²) in [6, 6.07) is 23.3. The van der Waals surface area contributed by atoms with Gasteiger partial charge in [0, 0.05) is 29.3 Å². The van der Waals surface area contributed by atoms with Crippen LogP contribution in [0.4, 0.5) is 0 Å². The van der Waals surface area contributed by atoms with E-state index in [1.807, 2.05) is 79.7 Å². The summed E-state index contributed by atoms with van der Waals surface area (Å²) in [4.78, 5) is 32.1. The Morgan fingerprint density at radius 3 is 2.41 bits per heavy atom. The van der Waals surface area contributed by atoms with E-state index in [1.54, 1.807) is 21.1 Å². The number of rotatable bonds is 9. The zero-order chi connectivity index (χ0) is 28.9. The number of carbonyl (C=O) groups excluding carboxylic acids is 2. The highest BCUT2D eigenvalue weighted by atomic mass is 16.5. The average molecular weight is 554 g/mol. The highest BCUT2D eigenvalue weighted by Crippen LogP contribution is 2.48. The molecule has 1 aliphatic carbocycles. The van der Waals surface area contributed by atoms with Crippen LogP contribution in [0, 0.1) is 5.92 Å². The predicted molar refractivity (Wildman–Crippen MR) is 157 cm³/mol. The zero-order valence-corrected chi connectivity index (χ0v) is 23.9. The quantitative estimate of drug-likeness (QED) is 0.284. The van der Waals surface area contributed by atoms with Crippen molar-refractivity contribution in [3.8, 4) is 17.2 Å². The Bertz CT molecular complexity index is 1490. The number of aliphatic imine (C=N–C) groups is 1. The van der Waals surface area contributed by atoms with Crippen LogP contribution in [0.5, 0.6) is 17.2 Å². The van der Waals surface area contributed by atoms with Crippen LogP contribution in [-0.2, 0) is 20.9 Å². The van der Waals surface area contributed by atoms with E-state index in [2.05, 4.69) is 0 Å². The molecule has 41 heavy (non-hydrogen) atoms. The second-order valence-electron chi connectivity index (χ2n) is 10.3. The van der Waals surface area contributed by atoms with Gasteiger partial charge in [0.1, 0.15) is 18.3 Å². The molecule has 0 fully saturated rings. The first-order valence-corrected chi connectivity index (χ1v) is 13.9. The minimum atomic E-state index is -0.695. The van der Waals surface area contributed by atoms with Crippen molar-refractivity contribution in [2.45, 2.75) is 45.1 Å². The maximum atomic E-state index is 13.9. The van der Waals surface area contributed by atoms with Gasteiger partial charge >= 0.3 is 5.97 Å². The number of ketones is 1. The van der Waals surface area contributed by atoms with Gasteiger partial charge in [0.05, 0.1) is 20.8 Å². The van der Waals surface area contributed by atoms with E-state index in [0.29, 0.717) is 48.0 Å². The Kier molecular flexibility index (Phi) is 8.53. The minimum absolute atomic E-state index is 0.0165. The Morgan fingerprint density at radius 2 is 1.68 bits per heavy atom. The van der Waals surface area contributed by atoms with E-state index < -0.39 is 11.8 Å². The monoisotopic (exact) mass is 553 g/mol.